The Morgan fingerprint density at radius 2 is 2.07 bits per heavy atom. The Labute approximate surface area is 90.1 Å². The second-order valence-corrected chi connectivity index (χ2v) is 4.62. The average molecular weight is 228 g/mol. The molecule has 1 aliphatic heterocycles. The lowest BCUT2D eigenvalue weighted by Gasteiger charge is -2.22. The van der Waals surface area contributed by atoms with Crippen LogP contribution in [0.4, 0.5) is 5.69 Å². The van der Waals surface area contributed by atoms with E-state index >= 15 is 0 Å². The predicted octanol–water partition coefficient (Wildman–Crippen LogP) is 1.58. The highest BCUT2D eigenvalue weighted by atomic mass is 32.2. The van der Waals surface area contributed by atoms with Crippen molar-refractivity contribution in [3.05, 3.63) is 23.8 Å². The van der Waals surface area contributed by atoms with E-state index in [1.165, 1.54) is 6.07 Å². The van der Waals surface area contributed by atoms with E-state index in [1.54, 1.807) is 6.07 Å². The van der Waals surface area contributed by atoms with Crippen molar-refractivity contribution in [1.29, 1.82) is 0 Å². The first-order valence-electron chi connectivity index (χ1n) is 4.41. The lowest BCUT2D eigenvalue weighted by molar-refractivity contribution is 0.463. The van der Waals surface area contributed by atoms with Gasteiger partial charge in [0.05, 0.1) is 10.6 Å². The summed E-state index contributed by atoms with van der Waals surface area (Å²) in [4.78, 5) is -0.130. The number of hydrogen-bond donors (Lipinski definition) is 1. The smallest absolute Gasteiger partial charge is 0.126 e. The minimum atomic E-state index is -4.36. The zero-order valence-corrected chi connectivity index (χ0v) is 8.30. The van der Waals surface area contributed by atoms with E-state index < -0.39 is 10.1 Å². The molecule has 1 heterocycles. The van der Waals surface area contributed by atoms with Crippen molar-refractivity contribution in [1.82, 2.24) is 0 Å². The van der Waals surface area contributed by atoms with Gasteiger partial charge in [0.1, 0.15) is 10.1 Å². The lowest BCUT2D eigenvalue weighted by Crippen LogP contribution is -2.15. The highest BCUT2D eigenvalue weighted by Crippen LogP contribution is 2.28. The van der Waals surface area contributed by atoms with Crippen molar-refractivity contribution in [3.63, 3.8) is 0 Å². The van der Waals surface area contributed by atoms with Gasteiger partial charge in [0.2, 0.25) is 0 Å². The summed E-state index contributed by atoms with van der Waals surface area (Å²) in [5.74, 6) is 0. The van der Waals surface area contributed by atoms with Gasteiger partial charge in [0, 0.05) is 6.54 Å². The number of fused-ring (bicyclic) bond motifs is 1. The molecule has 1 N–H and O–H groups in total. The van der Waals surface area contributed by atoms with Crippen molar-refractivity contribution in [3.8, 4) is 0 Å². The molecule has 1 aliphatic rings. The molecule has 84 valence electrons. The summed E-state index contributed by atoms with van der Waals surface area (Å²) in [6.45, 7) is 0.722. The van der Waals surface area contributed by atoms with Gasteiger partial charge in [-0.2, -0.15) is 0 Å². The number of benzene rings is 1. The van der Waals surface area contributed by atoms with E-state index in [-0.39, 0.29) is 12.3 Å². The Morgan fingerprint density at radius 1 is 1.33 bits per heavy atom. The fourth-order valence-electron chi connectivity index (χ4n) is 1.69. The molecule has 0 radical (unpaired) electrons. The summed E-state index contributed by atoms with van der Waals surface area (Å²) in [6, 6.07) is 4.80. The van der Waals surface area contributed by atoms with Crippen LogP contribution in [0.2, 0.25) is 0 Å². The summed E-state index contributed by atoms with van der Waals surface area (Å²) in [5.41, 5.74) is 1.40. The molecule has 2 rings (SSSR count). The number of hydrogen-bond acceptors (Lipinski definition) is 4. The van der Waals surface area contributed by atoms with Crippen LogP contribution in [0.1, 0.15) is 19.4 Å². The highest BCUT2D eigenvalue weighted by molar-refractivity contribution is 7.86. The van der Waals surface area contributed by atoms with Gasteiger partial charge in [-0.1, -0.05) is 19.6 Å². The standard InChI is InChI=1S/C9H11NO3S.CH4/c11-14(12,13)8-5-1-3-7-4-2-6-10-9(7)8;/h1,3,5,10H,2,4,6H2,(H,11,12,13);1H4/p-1. The first-order valence-corrected chi connectivity index (χ1v) is 5.81. The molecule has 0 unspecified atom stereocenters. The molecule has 0 aliphatic carbocycles. The van der Waals surface area contributed by atoms with Crippen molar-refractivity contribution in [2.45, 2.75) is 25.2 Å². The van der Waals surface area contributed by atoms with Crippen LogP contribution < -0.4 is 5.32 Å². The first-order chi connectivity index (χ1) is 6.59. The second kappa shape index (κ2) is 4.20. The predicted molar refractivity (Wildman–Crippen MR) is 57.9 cm³/mol. The Bertz CT molecular complexity index is 454. The normalized spacial score (nSPS) is 14.7. The molecule has 4 nitrogen and oxygen atoms in total. The molecule has 0 atom stereocenters. The van der Waals surface area contributed by atoms with Crippen LogP contribution in [-0.2, 0) is 16.5 Å². The Morgan fingerprint density at radius 3 is 2.73 bits per heavy atom. The first kappa shape index (κ1) is 12.0. The fraction of sp³-hybridized carbons (Fsp3) is 0.400. The van der Waals surface area contributed by atoms with E-state index in [2.05, 4.69) is 5.32 Å². The third-order valence-electron chi connectivity index (χ3n) is 2.31. The summed E-state index contributed by atoms with van der Waals surface area (Å²) in [6.07, 6.45) is 1.79. The van der Waals surface area contributed by atoms with E-state index in [4.69, 9.17) is 0 Å². The summed E-state index contributed by atoms with van der Waals surface area (Å²) >= 11 is 0. The molecule has 0 bridgehead atoms. The van der Waals surface area contributed by atoms with E-state index in [0.717, 1.165) is 24.9 Å². The fourth-order valence-corrected chi connectivity index (χ4v) is 2.38. The van der Waals surface area contributed by atoms with Crippen LogP contribution in [0.15, 0.2) is 23.1 Å². The van der Waals surface area contributed by atoms with Gasteiger partial charge in [-0.3, -0.25) is 0 Å². The van der Waals surface area contributed by atoms with Crippen molar-refractivity contribution >= 4 is 15.8 Å². The Kier molecular flexibility index (Phi) is 3.36. The van der Waals surface area contributed by atoms with Crippen LogP contribution in [0.25, 0.3) is 0 Å². The molecule has 1 aromatic carbocycles. The second-order valence-electron chi connectivity index (χ2n) is 3.27. The minimum Gasteiger partial charge on any atom is -0.744 e. The maximum atomic E-state index is 10.9. The Balaban J connectivity index is 0.00000112. The summed E-state index contributed by atoms with van der Waals surface area (Å²) < 4.78 is 32.7. The summed E-state index contributed by atoms with van der Waals surface area (Å²) in [7, 11) is -4.36. The topological polar surface area (TPSA) is 69.2 Å². The third-order valence-corrected chi connectivity index (χ3v) is 3.19. The lowest BCUT2D eigenvalue weighted by atomic mass is 10.0. The number of nitrogens with one attached hydrogen (secondary N) is 1. The maximum absolute atomic E-state index is 10.9. The van der Waals surface area contributed by atoms with Gasteiger partial charge < -0.3 is 9.87 Å². The number of para-hydroxylation sites is 1. The molecule has 5 heteroatoms. The maximum Gasteiger partial charge on any atom is 0.126 e. The third kappa shape index (κ3) is 2.30. The molecule has 0 amide bonds. The monoisotopic (exact) mass is 228 g/mol. The van der Waals surface area contributed by atoms with E-state index in [9.17, 15) is 13.0 Å². The summed E-state index contributed by atoms with van der Waals surface area (Å²) in [5, 5.41) is 2.96. The van der Waals surface area contributed by atoms with E-state index in [1.807, 2.05) is 6.07 Å². The molecule has 0 fully saturated rings. The zero-order chi connectivity index (χ0) is 10.2. The zero-order valence-electron chi connectivity index (χ0n) is 7.49. The molecule has 15 heavy (non-hydrogen) atoms. The number of anilines is 1. The minimum absolute atomic E-state index is 0. The van der Waals surface area contributed by atoms with Crippen molar-refractivity contribution in [2.75, 3.05) is 11.9 Å². The average Bonchev–Trinajstić information content (AvgIpc) is 2.15. The highest BCUT2D eigenvalue weighted by Gasteiger charge is 2.15. The molecular formula is C10H14NO3S-. The molecule has 0 aromatic heterocycles. The van der Waals surface area contributed by atoms with Crippen LogP contribution >= 0.6 is 0 Å². The quantitative estimate of drug-likeness (QED) is 0.741. The van der Waals surface area contributed by atoms with Gasteiger partial charge in [-0.05, 0) is 24.5 Å². The Hall–Kier alpha value is -1.07. The molecule has 0 spiro atoms. The van der Waals surface area contributed by atoms with Crippen LogP contribution in [0, 0.1) is 0 Å². The largest absolute Gasteiger partial charge is 0.744 e. The van der Waals surface area contributed by atoms with Crippen molar-refractivity contribution in [2.24, 2.45) is 0 Å². The molecule has 0 saturated carbocycles. The van der Waals surface area contributed by atoms with E-state index in [0.29, 0.717) is 5.69 Å². The van der Waals surface area contributed by atoms with Gasteiger partial charge in [0.15, 0.2) is 0 Å². The van der Waals surface area contributed by atoms with Gasteiger partial charge in [-0.25, -0.2) is 8.42 Å². The van der Waals surface area contributed by atoms with Gasteiger partial charge in [-0.15, -0.1) is 0 Å². The molecule has 1 aromatic rings. The van der Waals surface area contributed by atoms with Crippen molar-refractivity contribution < 1.29 is 13.0 Å². The molecular weight excluding hydrogens is 214 g/mol. The van der Waals surface area contributed by atoms with Gasteiger partial charge >= 0.3 is 0 Å². The van der Waals surface area contributed by atoms with Gasteiger partial charge in [0.25, 0.3) is 0 Å². The number of rotatable bonds is 1. The van der Waals surface area contributed by atoms with Crippen LogP contribution in [0.5, 0.6) is 0 Å². The van der Waals surface area contributed by atoms with Crippen LogP contribution in [-0.4, -0.2) is 19.5 Å². The molecule has 0 saturated heterocycles. The SMILES string of the molecule is C.O=S(=O)([O-])c1cccc2c1NCCC2. The number of aryl methyl sites for hydroxylation is 1. The van der Waals surface area contributed by atoms with Crippen LogP contribution in [0.3, 0.4) is 0 Å².